The molecule has 1 atom stereocenters. The zero-order valence-corrected chi connectivity index (χ0v) is 8.99. The van der Waals surface area contributed by atoms with Crippen molar-refractivity contribution in [3.8, 4) is 0 Å². The number of hydrogen-bond donors (Lipinski definition) is 1. The predicted octanol–water partition coefficient (Wildman–Crippen LogP) is 1.34. The Hall–Kier alpha value is -1.36. The van der Waals surface area contributed by atoms with Crippen molar-refractivity contribution in [1.29, 1.82) is 0 Å². The molecule has 0 saturated heterocycles. The van der Waals surface area contributed by atoms with E-state index >= 15 is 0 Å². The van der Waals surface area contributed by atoms with Crippen LogP contribution in [0.3, 0.4) is 0 Å². The fraction of sp³-hybridized carbons (Fsp3) is 0.300. The summed E-state index contributed by atoms with van der Waals surface area (Å²) >= 11 is 1.30. The molecule has 0 fully saturated rings. The van der Waals surface area contributed by atoms with Crippen LogP contribution in [0.2, 0.25) is 0 Å². The van der Waals surface area contributed by atoms with E-state index in [1.807, 2.05) is 13.0 Å². The lowest BCUT2D eigenvalue weighted by molar-refractivity contribution is -0.136. The molecular weight excluding hydrogens is 212 g/mol. The molecule has 0 spiro atoms. The number of aromatic nitrogens is 1. The fourth-order valence-electron chi connectivity index (χ4n) is 1.34. The first-order valence-electron chi connectivity index (χ1n) is 4.53. The molecule has 0 bridgehead atoms. The summed E-state index contributed by atoms with van der Waals surface area (Å²) in [5.41, 5.74) is 2.01. The molecule has 1 aliphatic heterocycles. The molecule has 1 unspecified atom stereocenters. The molecule has 15 heavy (non-hydrogen) atoms. The molecule has 1 N–H and O–H groups in total. The highest BCUT2D eigenvalue weighted by Gasteiger charge is 2.27. The Labute approximate surface area is 91.4 Å². The third-order valence-corrected chi connectivity index (χ3v) is 3.41. The van der Waals surface area contributed by atoms with Crippen LogP contribution in [0.25, 0.3) is 0 Å². The number of pyridine rings is 1. The number of thioether (sulfide) groups is 1. The molecule has 1 aliphatic rings. The van der Waals surface area contributed by atoms with Crippen LogP contribution < -0.4 is 0 Å². The first kappa shape index (κ1) is 10.2. The number of aryl methyl sites for hydroxylation is 1. The minimum Gasteiger partial charge on any atom is -0.480 e. The minimum atomic E-state index is -0.805. The van der Waals surface area contributed by atoms with E-state index < -0.39 is 11.2 Å². The van der Waals surface area contributed by atoms with Gasteiger partial charge in [-0.3, -0.25) is 14.8 Å². The van der Waals surface area contributed by atoms with Gasteiger partial charge in [-0.25, -0.2) is 0 Å². The van der Waals surface area contributed by atoms with E-state index in [-0.39, 0.29) is 0 Å². The molecule has 5 heteroatoms. The number of nitrogens with zero attached hydrogens (tertiary/aromatic N) is 2. The van der Waals surface area contributed by atoms with E-state index in [2.05, 4.69) is 9.98 Å². The number of rotatable bonds is 2. The Bertz CT molecular complexity index is 431. The summed E-state index contributed by atoms with van der Waals surface area (Å²) in [5, 5.41) is 9.18. The van der Waals surface area contributed by atoms with Crippen molar-refractivity contribution in [3.05, 3.63) is 29.6 Å². The van der Waals surface area contributed by atoms with Crippen molar-refractivity contribution in [2.45, 2.75) is 12.2 Å². The third kappa shape index (κ3) is 2.02. The Kier molecular flexibility index (Phi) is 2.73. The molecule has 1 aromatic rings. The summed E-state index contributed by atoms with van der Waals surface area (Å²) in [6, 6.07) is 1.90. The maximum Gasteiger partial charge on any atom is 0.318 e. The van der Waals surface area contributed by atoms with Crippen LogP contribution in [-0.2, 0) is 4.79 Å². The lowest BCUT2D eigenvalue weighted by Crippen LogP contribution is -2.16. The summed E-state index contributed by atoms with van der Waals surface area (Å²) in [5.74, 6) is -0.805. The summed E-state index contributed by atoms with van der Waals surface area (Å²) < 4.78 is 0. The number of aliphatic carboxylic acids is 1. The van der Waals surface area contributed by atoms with Crippen molar-refractivity contribution in [3.63, 3.8) is 0 Å². The highest BCUT2D eigenvalue weighted by Crippen LogP contribution is 2.26. The Balaban J connectivity index is 2.21. The smallest absolute Gasteiger partial charge is 0.318 e. The van der Waals surface area contributed by atoms with Gasteiger partial charge in [-0.2, -0.15) is 0 Å². The zero-order chi connectivity index (χ0) is 10.8. The number of aliphatic imine (C=N–C) groups is 1. The molecular formula is C10H10N2O2S. The van der Waals surface area contributed by atoms with Gasteiger partial charge in [0.15, 0.2) is 0 Å². The number of carbonyl (C=O) groups is 1. The summed E-state index contributed by atoms with van der Waals surface area (Å²) in [7, 11) is 0. The number of carboxylic acid groups (broad SMARTS) is 1. The molecule has 78 valence electrons. The van der Waals surface area contributed by atoms with Gasteiger partial charge in [0.05, 0.1) is 6.54 Å². The van der Waals surface area contributed by atoms with E-state index in [0.29, 0.717) is 6.54 Å². The molecule has 0 saturated carbocycles. The van der Waals surface area contributed by atoms with E-state index in [9.17, 15) is 4.79 Å². The fourth-order valence-corrected chi connectivity index (χ4v) is 2.35. The SMILES string of the molecule is Cc1ccncc1C1=NCC(C(=O)O)S1. The second-order valence-electron chi connectivity index (χ2n) is 3.28. The van der Waals surface area contributed by atoms with Crippen molar-refractivity contribution in [1.82, 2.24) is 4.98 Å². The molecule has 0 radical (unpaired) electrons. The maximum absolute atomic E-state index is 10.8. The van der Waals surface area contributed by atoms with Gasteiger partial charge in [0.2, 0.25) is 0 Å². The minimum absolute atomic E-state index is 0.351. The zero-order valence-electron chi connectivity index (χ0n) is 8.17. The van der Waals surface area contributed by atoms with E-state index in [1.54, 1.807) is 12.4 Å². The van der Waals surface area contributed by atoms with Gasteiger partial charge in [0.25, 0.3) is 0 Å². The number of carboxylic acids is 1. The second kappa shape index (κ2) is 4.02. The quantitative estimate of drug-likeness (QED) is 0.820. The largest absolute Gasteiger partial charge is 0.480 e. The number of hydrogen-bond acceptors (Lipinski definition) is 4. The predicted molar refractivity (Wildman–Crippen MR) is 59.4 cm³/mol. The average molecular weight is 222 g/mol. The van der Waals surface area contributed by atoms with Gasteiger partial charge in [0.1, 0.15) is 10.3 Å². The van der Waals surface area contributed by atoms with Crippen molar-refractivity contribution in [2.75, 3.05) is 6.54 Å². The molecule has 1 aromatic heterocycles. The normalized spacial score (nSPS) is 20.1. The molecule has 0 aliphatic carbocycles. The maximum atomic E-state index is 10.8. The van der Waals surface area contributed by atoms with Crippen LogP contribution in [0.1, 0.15) is 11.1 Å². The second-order valence-corrected chi connectivity index (χ2v) is 4.47. The summed E-state index contributed by atoms with van der Waals surface area (Å²) in [6.07, 6.45) is 3.44. The molecule has 0 amide bonds. The monoisotopic (exact) mass is 222 g/mol. The van der Waals surface area contributed by atoms with Crippen molar-refractivity contribution in [2.24, 2.45) is 4.99 Å². The van der Waals surface area contributed by atoms with Crippen molar-refractivity contribution >= 4 is 22.8 Å². The first-order valence-corrected chi connectivity index (χ1v) is 5.41. The van der Waals surface area contributed by atoms with Crippen LogP contribution in [0.15, 0.2) is 23.5 Å². The van der Waals surface area contributed by atoms with Crippen molar-refractivity contribution < 1.29 is 9.90 Å². The van der Waals surface area contributed by atoms with Gasteiger partial charge < -0.3 is 5.11 Å². The summed E-state index contributed by atoms with van der Waals surface area (Å²) in [4.78, 5) is 19.0. The third-order valence-electron chi connectivity index (χ3n) is 2.20. The highest BCUT2D eigenvalue weighted by atomic mass is 32.2. The molecule has 2 rings (SSSR count). The molecule has 0 aromatic carbocycles. The molecule has 4 nitrogen and oxygen atoms in total. The summed E-state index contributed by atoms with van der Waals surface area (Å²) in [6.45, 7) is 2.32. The standard InChI is InChI=1S/C10H10N2O2S/c1-6-2-3-11-4-7(6)9-12-5-8(15-9)10(13)14/h2-4,8H,5H2,1H3,(H,13,14). The van der Waals surface area contributed by atoms with Gasteiger partial charge in [-0.05, 0) is 18.6 Å². The van der Waals surface area contributed by atoms with Crippen LogP contribution in [-0.4, -0.2) is 32.9 Å². The average Bonchev–Trinajstić information content (AvgIpc) is 2.67. The Morgan fingerprint density at radius 1 is 1.67 bits per heavy atom. The first-order chi connectivity index (χ1) is 7.18. The van der Waals surface area contributed by atoms with Gasteiger partial charge in [0, 0.05) is 18.0 Å². The topological polar surface area (TPSA) is 62.5 Å². The Morgan fingerprint density at radius 2 is 2.47 bits per heavy atom. The van der Waals surface area contributed by atoms with E-state index in [0.717, 1.165) is 16.2 Å². The highest BCUT2D eigenvalue weighted by molar-refractivity contribution is 8.15. The van der Waals surface area contributed by atoms with Crippen LogP contribution >= 0.6 is 11.8 Å². The van der Waals surface area contributed by atoms with Crippen LogP contribution in [0, 0.1) is 6.92 Å². The van der Waals surface area contributed by atoms with Crippen LogP contribution in [0.4, 0.5) is 0 Å². The molecule has 2 heterocycles. The van der Waals surface area contributed by atoms with Gasteiger partial charge >= 0.3 is 5.97 Å². The van der Waals surface area contributed by atoms with Gasteiger partial charge in [-0.1, -0.05) is 11.8 Å². The van der Waals surface area contributed by atoms with Gasteiger partial charge in [-0.15, -0.1) is 0 Å². The van der Waals surface area contributed by atoms with E-state index in [1.165, 1.54) is 11.8 Å². The lowest BCUT2D eigenvalue weighted by Gasteiger charge is -2.04. The van der Waals surface area contributed by atoms with E-state index in [4.69, 9.17) is 5.11 Å². The Morgan fingerprint density at radius 3 is 3.07 bits per heavy atom. The van der Waals surface area contributed by atoms with Crippen LogP contribution in [0.5, 0.6) is 0 Å². The lowest BCUT2D eigenvalue weighted by atomic mass is 10.2.